The first-order chi connectivity index (χ1) is 32.5. The molecule has 348 valence electrons. The van der Waals surface area contributed by atoms with Crippen LogP contribution in [0.25, 0.3) is 21.5 Å². The van der Waals surface area contributed by atoms with Gasteiger partial charge in [-0.05, 0) is 69.2 Å². The minimum Gasteiger partial charge on any atom is -0.494 e. The van der Waals surface area contributed by atoms with Gasteiger partial charge in [-0.25, -0.2) is 0 Å². The molecule has 18 heteroatoms. The van der Waals surface area contributed by atoms with E-state index in [-0.39, 0.29) is 28.2 Å². The lowest BCUT2D eigenvalue weighted by Gasteiger charge is -2.25. The molecule has 0 saturated heterocycles. The average Bonchev–Trinajstić information content (AvgIpc) is 3.33. The van der Waals surface area contributed by atoms with Crippen molar-refractivity contribution in [2.75, 3.05) is 66.6 Å². The number of rotatable bonds is 21. The first-order valence-corrected chi connectivity index (χ1v) is 24.6. The summed E-state index contributed by atoms with van der Waals surface area (Å²) in [5.41, 5.74) is 4.12. The third-order valence-corrected chi connectivity index (χ3v) is 12.9. The maximum Gasteiger partial charge on any atom is 0.296 e. The van der Waals surface area contributed by atoms with E-state index < -0.39 is 10.1 Å². The van der Waals surface area contributed by atoms with Gasteiger partial charge in [0, 0.05) is 54.8 Å². The lowest BCUT2D eigenvalue weighted by Crippen LogP contribution is -2.22. The molecule has 0 spiro atoms. The van der Waals surface area contributed by atoms with E-state index in [9.17, 15) is 13.0 Å². The van der Waals surface area contributed by atoms with Crippen LogP contribution in [-0.4, -0.2) is 74.1 Å². The van der Waals surface area contributed by atoms with Gasteiger partial charge in [0.15, 0.2) is 5.16 Å². The van der Waals surface area contributed by atoms with Crippen LogP contribution in [0.3, 0.4) is 0 Å². The van der Waals surface area contributed by atoms with Crippen LogP contribution >= 0.6 is 11.8 Å². The largest absolute Gasteiger partial charge is 0.494 e. The van der Waals surface area contributed by atoms with E-state index in [1.807, 2.05) is 86.6 Å². The third-order valence-electron chi connectivity index (χ3n) is 11.1. The van der Waals surface area contributed by atoms with Crippen LogP contribution in [0.5, 0.6) is 11.5 Å². The van der Waals surface area contributed by atoms with Crippen LogP contribution < -0.4 is 29.9 Å². The zero-order chi connectivity index (χ0) is 47.5. The molecule has 1 aromatic heterocycles. The summed E-state index contributed by atoms with van der Waals surface area (Å²) in [6.07, 6.45) is 1.94. The number of thioether (sulfide) groups is 1. The SMILES string of the molecule is CCCCSc1nc(Nc2cc(N(CC)CC)c(OC)cc2N=Nc2cccc3ccccc23)nc(Nc2cc(N(CC)CC)c(OC)cc2N=Nc2c(S(=O)(=O)O)ccc3ccccc23)n1. The predicted molar refractivity (Wildman–Crippen MR) is 271 cm³/mol. The predicted octanol–water partition coefficient (Wildman–Crippen LogP) is 13.3. The average molecular weight is 942 g/mol. The fraction of sp³-hybridized carbons (Fsp3) is 0.286. The van der Waals surface area contributed by atoms with Gasteiger partial charge in [0.2, 0.25) is 11.9 Å². The Hall–Kier alpha value is -6.89. The van der Waals surface area contributed by atoms with Crippen molar-refractivity contribution in [3.63, 3.8) is 0 Å². The first kappa shape index (κ1) is 48.1. The number of anilines is 6. The molecular formula is C49H55N11O5S2. The Labute approximate surface area is 395 Å². The minimum atomic E-state index is -4.67. The molecular weight excluding hydrogens is 887 g/mol. The standard InChI is InChI=1S/C49H55N11O5S2/c1-8-13-27-66-49-53-47(50-37-28-41(59(9-2)10-3)43(64-6)30-39(37)56-55-36-24-18-21-32-19-14-16-22-34(32)36)52-48(54-49)51-38-29-42(60(11-4)12-5)44(65-7)31-40(38)57-58-46-35-23-17-15-20-33(35)25-26-45(46)67(61,62)63/h14-26,28-31H,8-13,27H2,1-7H3,(H,61,62,63)(H2,50,51,52,53,54). The number of methoxy groups -OCH3 is 2. The van der Waals surface area contributed by atoms with Gasteiger partial charge in [0.05, 0.1) is 42.7 Å². The lowest BCUT2D eigenvalue weighted by atomic mass is 10.1. The van der Waals surface area contributed by atoms with Crippen LogP contribution in [0.2, 0.25) is 0 Å². The van der Waals surface area contributed by atoms with Gasteiger partial charge in [-0.1, -0.05) is 91.8 Å². The second-order valence-corrected chi connectivity index (χ2v) is 17.6. The number of fused-ring (bicyclic) bond motifs is 2. The fourth-order valence-corrected chi connectivity index (χ4v) is 9.12. The van der Waals surface area contributed by atoms with Crippen molar-refractivity contribution in [1.82, 2.24) is 15.0 Å². The molecule has 67 heavy (non-hydrogen) atoms. The quantitative estimate of drug-likeness (QED) is 0.0267. The van der Waals surface area contributed by atoms with Crippen molar-refractivity contribution in [1.29, 1.82) is 0 Å². The summed E-state index contributed by atoms with van der Waals surface area (Å²) in [6.45, 7) is 13.2. The fourth-order valence-electron chi connectivity index (χ4n) is 7.57. The molecule has 0 amide bonds. The third kappa shape index (κ3) is 11.2. The van der Waals surface area contributed by atoms with Crippen LogP contribution in [-0.2, 0) is 10.1 Å². The number of hydrogen-bond acceptors (Lipinski definition) is 16. The molecule has 3 N–H and O–H groups in total. The monoisotopic (exact) mass is 941 g/mol. The Morgan fingerprint density at radius 2 is 1.12 bits per heavy atom. The van der Waals surface area contributed by atoms with Crippen molar-refractivity contribution in [2.24, 2.45) is 20.5 Å². The van der Waals surface area contributed by atoms with Gasteiger partial charge in [-0.2, -0.15) is 23.4 Å². The second-order valence-electron chi connectivity index (χ2n) is 15.2. The smallest absolute Gasteiger partial charge is 0.296 e. The summed E-state index contributed by atoms with van der Waals surface area (Å²) in [5, 5.41) is 29.2. The van der Waals surface area contributed by atoms with E-state index in [0.29, 0.717) is 63.3 Å². The van der Waals surface area contributed by atoms with E-state index in [4.69, 9.17) is 34.7 Å². The molecule has 0 fully saturated rings. The zero-order valence-electron chi connectivity index (χ0n) is 38.7. The van der Waals surface area contributed by atoms with Crippen LogP contribution in [0, 0.1) is 0 Å². The van der Waals surface area contributed by atoms with Crippen molar-refractivity contribution < 1.29 is 22.4 Å². The first-order valence-electron chi connectivity index (χ1n) is 22.2. The Balaban J connectivity index is 1.37. The molecule has 7 aromatic rings. The van der Waals surface area contributed by atoms with Crippen molar-refractivity contribution in [2.45, 2.75) is 57.5 Å². The van der Waals surface area contributed by atoms with E-state index in [1.165, 1.54) is 17.8 Å². The van der Waals surface area contributed by atoms with E-state index >= 15 is 0 Å². The van der Waals surface area contributed by atoms with Gasteiger partial charge < -0.3 is 29.9 Å². The molecule has 0 atom stereocenters. The summed E-state index contributed by atoms with van der Waals surface area (Å²) < 4.78 is 47.4. The summed E-state index contributed by atoms with van der Waals surface area (Å²) in [5.74, 6) is 2.35. The van der Waals surface area contributed by atoms with Crippen molar-refractivity contribution >= 4 is 101 Å². The van der Waals surface area contributed by atoms with Crippen molar-refractivity contribution in [3.05, 3.63) is 103 Å². The van der Waals surface area contributed by atoms with Crippen molar-refractivity contribution in [3.8, 4) is 11.5 Å². The minimum absolute atomic E-state index is 0.0171. The number of ether oxygens (including phenoxy) is 2. The van der Waals surface area contributed by atoms with Gasteiger partial charge in [-0.15, -0.1) is 20.5 Å². The number of nitrogens with zero attached hydrogens (tertiary/aromatic N) is 9. The molecule has 0 radical (unpaired) electrons. The lowest BCUT2D eigenvalue weighted by molar-refractivity contribution is 0.414. The zero-order valence-corrected chi connectivity index (χ0v) is 40.3. The molecule has 7 rings (SSSR count). The number of aromatic nitrogens is 3. The molecule has 16 nitrogen and oxygen atoms in total. The summed E-state index contributed by atoms with van der Waals surface area (Å²) in [6, 6.07) is 31.4. The van der Waals surface area contributed by atoms with E-state index in [2.05, 4.69) is 51.4 Å². The topological polar surface area (TPSA) is 191 Å². The summed E-state index contributed by atoms with van der Waals surface area (Å²) in [4.78, 5) is 18.6. The highest BCUT2D eigenvalue weighted by Crippen LogP contribution is 2.44. The number of benzene rings is 6. The molecule has 0 aliphatic carbocycles. The second kappa shape index (κ2) is 22.1. The van der Waals surface area contributed by atoms with Gasteiger partial charge in [0.25, 0.3) is 10.1 Å². The van der Waals surface area contributed by atoms with Gasteiger partial charge >= 0.3 is 0 Å². The molecule has 0 unspecified atom stereocenters. The van der Waals surface area contributed by atoms with Crippen LogP contribution in [0.1, 0.15) is 47.5 Å². The Bertz CT molecular complexity index is 3030. The molecule has 0 saturated carbocycles. The number of hydrogen-bond donors (Lipinski definition) is 3. The highest BCUT2D eigenvalue weighted by atomic mass is 32.2. The van der Waals surface area contributed by atoms with E-state index in [0.717, 1.165) is 53.8 Å². The normalized spacial score (nSPS) is 11.8. The molecule has 0 bridgehead atoms. The van der Waals surface area contributed by atoms with Gasteiger partial charge in [-0.3, -0.25) is 4.55 Å². The highest BCUT2D eigenvalue weighted by Gasteiger charge is 2.22. The Kier molecular flexibility index (Phi) is 15.8. The highest BCUT2D eigenvalue weighted by molar-refractivity contribution is 7.99. The Morgan fingerprint density at radius 3 is 1.66 bits per heavy atom. The molecule has 6 aromatic carbocycles. The molecule has 1 heterocycles. The summed E-state index contributed by atoms with van der Waals surface area (Å²) in [7, 11) is -1.47. The molecule has 0 aliphatic heterocycles. The van der Waals surface area contributed by atoms with E-state index in [1.54, 1.807) is 38.5 Å². The Morgan fingerprint density at radius 1 is 0.612 bits per heavy atom. The number of nitrogens with one attached hydrogen (secondary N) is 2. The van der Waals surface area contributed by atoms with Crippen LogP contribution in [0.4, 0.5) is 57.4 Å². The maximum atomic E-state index is 12.6. The van der Waals surface area contributed by atoms with Crippen LogP contribution in [0.15, 0.2) is 134 Å². The number of azo groups is 2. The summed E-state index contributed by atoms with van der Waals surface area (Å²) >= 11 is 1.50. The van der Waals surface area contributed by atoms with Gasteiger partial charge in [0.1, 0.15) is 33.5 Å². The maximum absolute atomic E-state index is 12.6. The number of unbranched alkanes of at least 4 members (excludes halogenated alkanes) is 1. The molecule has 0 aliphatic rings.